The molecule has 0 aliphatic carbocycles. The highest BCUT2D eigenvalue weighted by molar-refractivity contribution is 6.09. The van der Waals surface area contributed by atoms with Crippen molar-refractivity contribution in [2.75, 3.05) is 5.32 Å². The Morgan fingerprint density at radius 3 is 1.74 bits per heavy atom. The zero-order valence-corrected chi connectivity index (χ0v) is 25.3. The van der Waals surface area contributed by atoms with E-state index in [1.165, 1.54) is 27.5 Å². The molecule has 0 saturated heterocycles. The summed E-state index contributed by atoms with van der Waals surface area (Å²) in [6.45, 7) is 13.6. The topological polar surface area (TPSA) is 40.8 Å². The van der Waals surface area contributed by atoms with Gasteiger partial charge < -0.3 is 9.88 Å². The van der Waals surface area contributed by atoms with E-state index in [1.54, 1.807) is 0 Å². The predicted molar refractivity (Wildman–Crippen MR) is 178 cm³/mol. The number of nitrogens with zero attached hydrogens (tertiary/aromatic N) is 2. The maximum atomic E-state index is 10.5. The maximum absolute atomic E-state index is 10.5. The normalized spacial score (nSPS) is 12.0. The van der Waals surface area contributed by atoms with Crippen molar-refractivity contribution in [3.63, 3.8) is 0 Å². The van der Waals surface area contributed by atoms with Gasteiger partial charge in [0.05, 0.1) is 28.0 Å². The molecule has 42 heavy (non-hydrogen) atoms. The molecule has 1 heterocycles. The Morgan fingerprint density at radius 2 is 1.17 bits per heavy atom. The van der Waals surface area contributed by atoms with Crippen molar-refractivity contribution in [1.29, 1.82) is 5.26 Å². The van der Waals surface area contributed by atoms with Crippen LogP contribution in [-0.4, -0.2) is 4.57 Å². The number of hydrogen-bond donors (Lipinski definition) is 1. The Hall–Kier alpha value is -4.81. The fourth-order valence-electron chi connectivity index (χ4n) is 5.72. The van der Waals surface area contributed by atoms with Gasteiger partial charge in [-0.3, -0.25) is 0 Å². The second-order valence-electron chi connectivity index (χ2n) is 13.2. The number of aromatic nitrogens is 1. The first-order valence-electron chi connectivity index (χ1n) is 14.6. The number of para-hydroxylation sites is 2. The molecular formula is C39H37N3. The molecule has 0 amide bonds. The van der Waals surface area contributed by atoms with E-state index in [1.807, 2.05) is 18.2 Å². The van der Waals surface area contributed by atoms with Gasteiger partial charge in [-0.15, -0.1) is 0 Å². The Morgan fingerprint density at radius 1 is 0.595 bits per heavy atom. The number of hydrogen-bond acceptors (Lipinski definition) is 2. The van der Waals surface area contributed by atoms with Crippen molar-refractivity contribution in [3.05, 3.63) is 126 Å². The molecule has 0 aliphatic heterocycles. The van der Waals surface area contributed by atoms with E-state index >= 15 is 0 Å². The van der Waals surface area contributed by atoms with Gasteiger partial charge >= 0.3 is 0 Å². The molecule has 3 heteroatoms. The molecule has 0 bridgehead atoms. The third kappa shape index (κ3) is 4.95. The fraction of sp³-hybridized carbons (Fsp3) is 0.205. The van der Waals surface area contributed by atoms with Gasteiger partial charge in [-0.05, 0) is 69.5 Å². The molecule has 0 fully saturated rings. The van der Waals surface area contributed by atoms with Crippen molar-refractivity contribution in [2.24, 2.45) is 0 Å². The van der Waals surface area contributed by atoms with Gasteiger partial charge in [0.25, 0.3) is 0 Å². The van der Waals surface area contributed by atoms with E-state index in [4.69, 9.17) is 0 Å². The van der Waals surface area contributed by atoms with E-state index in [0.717, 1.165) is 33.7 Å². The summed E-state index contributed by atoms with van der Waals surface area (Å²) in [5.74, 6) is 0. The minimum atomic E-state index is 0.0425. The maximum Gasteiger partial charge on any atom is 0.104 e. The Balaban J connectivity index is 1.44. The molecule has 0 radical (unpaired) electrons. The molecular weight excluding hydrogens is 510 g/mol. The first kappa shape index (κ1) is 27.4. The average Bonchev–Trinajstić information content (AvgIpc) is 3.30. The number of benzene rings is 5. The Kier molecular flexibility index (Phi) is 6.66. The molecule has 6 aromatic rings. The van der Waals surface area contributed by atoms with Crippen LogP contribution in [0, 0.1) is 11.3 Å². The van der Waals surface area contributed by atoms with Gasteiger partial charge in [0.1, 0.15) is 6.07 Å². The molecule has 0 saturated carbocycles. The van der Waals surface area contributed by atoms with Crippen LogP contribution < -0.4 is 5.32 Å². The summed E-state index contributed by atoms with van der Waals surface area (Å²) in [6, 6.07) is 40.8. The molecule has 0 atom stereocenters. The van der Waals surface area contributed by atoms with Crippen molar-refractivity contribution < 1.29 is 0 Å². The molecule has 3 nitrogen and oxygen atoms in total. The zero-order valence-electron chi connectivity index (χ0n) is 25.3. The van der Waals surface area contributed by atoms with Crippen molar-refractivity contribution in [2.45, 2.75) is 52.4 Å². The number of nitrogens with one attached hydrogen (secondary N) is 1. The summed E-state index contributed by atoms with van der Waals surface area (Å²) in [4.78, 5) is 0. The van der Waals surface area contributed by atoms with Crippen LogP contribution in [0.25, 0.3) is 38.6 Å². The highest BCUT2D eigenvalue weighted by Gasteiger charge is 2.21. The van der Waals surface area contributed by atoms with E-state index in [0.29, 0.717) is 5.56 Å². The van der Waals surface area contributed by atoms with Gasteiger partial charge in [0.15, 0.2) is 0 Å². The van der Waals surface area contributed by atoms with Gasteiger partial charge in [0.2, 0.25) is 0 Å². The average molecular weight is 548 g/mol. The quantitative estimate of drug-likeness (QED) is 0.238. The van der Waals surface area contributed by atoms with Gasteiger partial charge in [-0.1, -0.05) is 114 Å². The van der Waals surface area contributed by atoms with Crippen LogP contribution >= 0.6 is 0 Å². The van der Waals surface area contributed by atoms with Crippen LogP contribution in [-0.2, 0) is 10.8 Å². The second-order valence-corrected chi connectivity index (χ2v) is 13.2. The van der Waals surface area contributed by atoms with E-state index in [9.17, 15) is 5.26 Å². The number of fused-ring (bicyclic) bond motifs is 3. The largest absolute Gasteiger partial charge is 0.354 e. The lowest BCUT2D eigenvalue weighted by Gasteiger charge is -2.26. The van der Waals surface area contributed by atoms with Crippen molar-refractivity contribution in [3.8, 4) is 22.9 Å². The van der Waals surface area contributed by atoms with Crippen LogP contribution in [0.15, 0.2) is 109 Å². The Labute approximate surface area is 249 Å². The molecule has 208 valence electrons. The summed E-state index contributed by atoms with van der Waals surface area (Å²) < 4.78 is 2.21. The monoisotopic (exact) mass is 547 g/mol. The smallest absolute Gasteiger partial charge is 0.104 e. The van der Waals surface area contributed by atoms with Crippen LogP contribution in [0.4, 0.5) is 11.4 Å². The summed E-state index contributed by atoms with van der Waals surface area (Å²) >= 11 is 0. The summed E-state index contributed by atoms with van der Waals surface area (Å²) in [5, 5.41) is 16.4. The second kappa shape index (κ2) is 10.2. The highest BCUT2D eigenvalue weighted by Crippen LogP contribution is 2.37. The molecule has 0 aliphatic rings. The van der Waals surface area contributed by atoms with Crippen LogP contribution in [0.3, 0.4) is 0 Å². The lowest BCUT2D eigenvalue weighted by atomic mass is 9.79. The van der Waals surface area contributed by atoms with Crippen molar-refractivity contribution in [1.82, 2.24) is 4.57 Å². The highest BCUT2D eigenvalue weighted by atomic mass is 15.0. The molecule has 0 unspecified atom stereocenters. The number of anilines is 2. The van der Waals surface area contributed by atoms with Gasteiger partial charge in [0, 0.05) is 16.5 Å². The lowest BCUT2D eigenvalue weighted by molar-refractivity contribution is 0.569. The minimum Gasteiger partial charge on any atom is -0.354 e. The number of rotatable bonds is 4. The third-order valence-electron chi connectivity index (χ3n) is 8.12. The van der Waals surface area contributed by atoms with E-state index < -0.39 is 0 Å². The van der Waals surface area contributed by atoms with Crippen LogP contribution in [0.1, 0.15) is 58.2 Å². The zero-order chi connectivity index (χ0) is 29.6. The van der Waals surface area contributed by atoms with Crippen LogP contribution in [0.2, 0.25) is 0 Å². The fourth-order valence-corrected chi connectivity index (χ4v) is 5.72. The molecule has 1 N–H and O–H groups in total. The first-order valence-corrected chi connectivity index (χ1v) is 14.6. The summed E-state index contributed by atoms with van der Waals surface area (Å²) in [7, 11) is 0. The minimum absolute atomic E-state index is 0.0425. The third-order valence-corrected chi connectivity index (χ3v) is 8.12. The number of nitriles is 1. The molecule has 5 aromatic carbocycles. The first-order chi connectivity index (χ1) is 20.0. The van der Waals surface area contributed by atoms with Gasteiger partial charge in [-0.25, -0.2) is 0 Å². The lowest BCUT2D eigenvalue weighted by Crippen LogP contribution is -2.16. The predicted octanol–water partition coefficient (Wildman–Crippen LogP) is 10.7. The molecule has 6 rings (SSSR count). The van der Waals surface area contributed by atoms with Gasteiger partial charge in [-0.2, -0.15) is 5.26 Å². The summed E-state index contributed by atoms with van der Waals surface area (Å²) in [6.07, 6.45) is 0. The SMILES string of the molecule is CC(C)(C)c1cc(-c2cccc(Nc3cccc(-n4c5ccccc5c5ccccc54)c3C#N)c2)cc(C(C)(C)C)c1. The van der Waals surface area contributed by atoms with Crippen molar-refractivity contribution >= 4 is 33.2 Å². The van der Waals surface area contributed by atoms with Crippen LogP contribution in [0.5, 0.6) is 0 Å². The Bertz CT molecular complexity index is 1900. The standard InChI is InChI=1S/C39H37N3/c1-38(2,3)28-21-27(22-29(24-28)39(4,5)6)26-13-11-14-30(23-26)41-34-17-12-20-37(33(34)25-40)42-35-18-9-7-15-31(35)32-16-8-10-19-36(32)42/h7-24,41H,1-6H3. The van der Waals surface area contributed by atoms with E-state index in [2.05, 4.69) is 148 Å². The molecule has 0 spiro atoms. The molecule has 1 aromatic heterocycles. The summed E-state index contributed by atoms with van der Waals surface area (Å²) in [5.41, 5.74) is 10.5. The van der Waals surface area contributed by atoms with E-state index in [-0.39, 0.29) is 10.8 Å².